The summed E-state index contributed by atoms with van der Waals surface area (Å²) < 4.78 is 23.4. The number of hydrogen-bond acceptors (Lipinski definition) is 4. The SMILES string of the molecule is O=P(O)(O)C1(P(=O)(O)O)CCC/C(=C2/CCCCN2)N1. The minimum Gasteiger partial charge on any atom is -0.387 e. The lowest BCUT2D eigenvalue weighted by molar-refractivity contribution is 0.273. The fourth-order valence-corrected chi connectivity index (χ4v) is 5.54. The zero-order chi connectivity index (χ0) is 15.0. The molecule has 0 saturated carbocycles. The van der Waals surface area contributed by atoms with Gasteiger partial charge in [-0.2, -0.15) is 0 Å². The van der Waals surface area contributed by atoms with Crippen LogP contribution in [0.1, 0.15) is 38.5 Å². The average molecular weight is 326 g/mol. The molecule has 20 heavy (non-hydrogen) atoms. The topological polar surface area (TPSA) is 139 Å². The monoisotopic (exact) mass is 326 g/mol. The standard InChI is InChI=1S/C10H20N2O6P2/c13-19(14,15)10(20(16,17)18)6-3-5-9(12-10)8-4-1-2-7-11-8/h11-12H,1-7H2,(H2,13,14,15)(H2,16,17,18)/b9-8+. The van der Waals surface area contributed by atoms with Crippen LogP contribution < -0.4 is 10.6 Å². The van der Waals surface area contributed by atoms with E-state index in [9.17, 15) is 28.7 Å². The Kier molecular flexibility index (Phi) is 4.36. The molecule has 10 heteroatoms. The zero-order valence-electron chi connectivity index (χ0n) is 10.9. The molecule has 0 unspecified atom stereocenters. The second kappa shape index (κ2) is 5.44. The molecule has 0 spiro atoms. The lowest BCUT2D eigenvalue weighted by Crippen LogP contribution is -2.48. The third-order valence-corrected chi connectivity index (χ3v) is 7.98. The molecule has 0 aromatic carbocycles. The molecule has 0 aromatic rings. The Morgan fingerprint density at radius 3 is 2.00 bits per heavy atom. The summed E-state index contributed by atoms with van der Waals surface area (Å²) in [4.78, 5) is 37.8. The number of hydrogen-bond donors (Lipinski definition) is 6. The van der Waals surface area contributed by atoms with E-state index in [2.05, 4.69) is 10.6 Å². The molecule has 2 aliphatic heterocycles. The van der Waals surface area contributed by atoms with Gasteiger partial charge in [0.05, 0.1) is 0 Å². The number of nitrogens with one attached hydrogen (secondary N) is 2. The smallest absolute Gasteiger partial charge is 0.363 e. The first-order chi connectivity index (χ1) is 9.17. The Labute approximate surface area is 117 Å². The molecule has 6 N–H and O–H groups in total. The first-order valence-electron chi connectivity index (χ1n) is 6.53. The highest BCUT2D eigenvalue weighted by Crippen LogP contribution is 2.70. The van der Waals surface area contributed by atoms with Gasteiger partial charge in [-0.25, -0.2) is 0 Å². The van der Waals surface area contributed by atoms with Crippen molar-refractivity contribution in [2.75, 3.05) is 6.54 Å². The van der Waals surface area contributed by atoms with Gasteiger partial charge >= 0.3 is 15.2 Å². The van der Waals surface area contributed by atoms with Crippen LogP contribution in [0.15, 0.2) is 11.4 Å². The first kappa shape index (κ1) is 16.0. The van der Waals surface area contributed by atoms with E-state index >= 15 is 0 Å². The third kappa shape index (κ3) is 2.82. The largest absolute Gasteiger partial charge is 0.387 e. The fourth-order valence-electron chi connectivity index (χ4n) is 2.72. The molecule has 0 aromatic heterocycles. The van der Waals surface area contributed by atoms with E-state index in [1.54, 1.807) is 0 Å². The predicted molar refractivity (Wildman–Crippen MR) is 72.7 cm³/mol. The van der Waals surface area contributed by atoms with Crippen LogP contribution in [-0.2, 0) is 9.13 Å². The van der Waals surface area contributed by atoms with Crippen molar-refractivity contribution in [1.29, 1.82) is 0 Å². The maximum atomic E-state index is 11.7. The predicted octanol–water partition coefficient (Wildman–Crippen LogP) is 0.754. The van der Waals surface area contributed by atoms with Crippen molar-refractivity contribution in [1.82, 2.24) is 10.6 Å². The van der Waals surface area contributed by atoms with E-state index in [4.69, 9.17) is 0 Å². The van der Waals surface area contributed by atoms with Crippen LogP contribution in [0.3, 0.4) is 0 Å². The van der Waals surface area contributed by atoms with E-state index in [-0.39, 0.29) is 6.42 Å². The van der Waals surface area contributed by atoms with Gasteiger partial charge in [-0.3, -0.25) is 9.13 Å². The summed E-state index contributed by atoms with van der Waals surface area (Å²) >= 11 is 0. The van der Waals surface area contributed by atoms with Crippen molar-refractivity contribution in [3.05, 3.63) is 11.4 Å². The molecule has 2 rings (SSSR count). The van der Waals surface area contributed by atoms with Gasteiger partial charge in [0.25, 0.3) is 0 Å². The lowest BCUT2D eigenvalue weighted by Gasteiger charge is -2.41. The van der Waals surface area contributed by atoms with E-state index in [1.165, 1.54) is 0 Å². The summed E-state index contributed by atoms with van der Waals surface area (Å²) in [5.41, 5.74) is 1.32. The van der Waals surface area contributed by atoms with E-state index < -0.39 is 20.2 Å². The van der Waals surface area contributed by atoms with Crippen LogP contribution in [-0.4, -0.2) is 31.1 Å². The second-order valence-electron chi connectivity index (χ2n) is 5.22. The molecule has 0 amide bonds. The van der Waals surface area contributed by atoms with E-state index in [1.807, 2.05) is 0 Å². The Morgan fingerprint density at radius 1 is 0.900 bits per heavy atom. The van der Waals surface area contributed by atoms with Crippen LogP contribution in [0.4, 0.5) is 0 Å². The molecule has 2 heterocycles. The molecular weight excluding hydrogens is 306 g/mol. The Bertz CT molecular complexity index is 478. The van der Waals surface area contributed by atoms with Crippen molar-refractivity contribution in [2.24, 2.45) is 0 Å². The Balaban J connectivity index is 2.40. The van der Waals surface area contributed by atoms with Crippen molar-refractivity contribution >= 4 is 15.2 Å². The fraction of sp³-hybridized carbons (Fsp3) is 0.800. The summed E-state index contributed by atoms with van der Waals surface area (Å²) in [6.07, 6.45) is 3.29. The first-order valence-corrected chi connectivity index (χ1v) is 9.75. The summed E-state index contributed by atoms with van der Waals surface area (Å²) in [5.74, 6) is 0. The van der Waals surface area contributed by atoms with E-state index in [0.717, 1.165) is 31.5 Å². The molecule has 0 atom stereocenters. The highest BCUT2D eigenvalue weighted by molar-refractivity contribution is 7.72. The quantitative estimate of drug-likeness (QED) is 0.409. The zero-order valence-corrected chi connectivity index (χ0v) is 12.7. The van der Waals surface area contributed by atoms with E-state index in [0.29, 0.717) is 18.5 Å². The minimum absolute atomic E-state index is 0.252. The molecular formula is C10H20N2O6P2. The molecule has 0 aliphatic carbocycles. The average Bonchev–Trinajstić information content (AvgIpc) is 2.37. The minimum atomic E-state index is -5.02. The van der Waals surface area contributed by atoms with Crippen LogP contribution >= 0.6 is 15.2 Å². The highest BCUT2D eigenvalue weighted by atomic mass is 31.2. The van der Waals surface area contributed by atoms with Gasteiger partial charge in [0.2, 0.25) is 5.02 Å². The maximum Gasteiger partial charge on any atom is 0.363 e. The summed E-state index contributed by atoms with van der Waals surface area (Å²) in [7, 11) is -10.0. The van der Waals surface area contributed by atoms with Gasteiger partial charge in [0.15, 0.2) is 0 Å². The van der Waals surface area contributed by atoms with Gasteiger partial charge in [-0.05, 0) is 38.5 Å². The third-order valence-electron chi connectivity index (χ3n) is 3.82. The summed E-state index contributed by atoms with van der Waals surface area (Å²) in [6.45, 7) is 0.763. The number of allylic oxidation sites excluding steroid dienone is 2. The van der Waals surface area contributed by atoms with Crippen LogP contribution in [0.2, 0.25) is 0 Å². The molecule has 8 nitrogen and oxygen atoms in total. The number of piperidine rings is 2. The van der Waals surface area contributed by atoms with Gasteiger partial charge < -0.3 is 30.2 Å². The molecule has 2 aliphatic rings. The maximum absolute atomic E-state index is 11.7. The second-order valence-corrected chi connectivity index (χ2v) is 9.28. The van der Waals surface area contributed by atoms with Crippen LogP contribution in [0.25, 0.3) is 0 Å². The van der Waals surface area contributed by atoms with Crippen molar-refractivity contribution in [3.63, 3.8) is 0 Å². The van der Waals surface area contributed by atoms with Crippen molar-refractivity contribution in [3.8, 4) is 0 Å². The van der Waals surface area contributed by atoms with Crippen molar-refractivity contribution in [2.45, 2.75) is 43.5 Å². The molecule has 2 saturated heterocycles. The normalized spacial score (nSPS) is 27.6. The van der Waals surface area contributed by atoms with Gasteiger partial charge in [-0.15, -0.1) is 0 Å². The summed E-state index contributed by atoms with van der Waals surface area (Å²) in [5, 5.41) is 3.16. The molecule has 2 fully saturated rings. The van der Waals surface area contributed by atoms with Crippen molar-refractivity contribution < 1.29 is 28.7 Å². The molecule has 116 valence electrons. The molecule has 0 bridgehead atoms. The number of rotatable bonds is 2. The van der Waals surface area contributed by atoms with Crippen LogP contribution in [0.5, 0.6) is 0 Å². The Hall–Kier alpha value is -0.360. The van der Waals surface area contributed by atoms with Gasteiger partial charge in [-0.1, -0.05) is 0 Å². The summed E-state index contributed by atoms with van der Waals surface area (Å²) in [6, 6.07) is 0. The van der Waals surface area contributed by atoms with Crippen LogP contribution in [0, 0.1) is 0 Å². The lowest BCUT2D eigenvalue weighted by atomic mass is 10.0. The van der Waals surface area contributed by atoms with Gasteiger partial charge in [0.1, 0.15) is 0 Å². The van der Waals surface area contributed by atoms with Gasteiger partial charge in [0, 0.05) is 17.9 Å². The Morgan fingerprint density at radius 2 is 1.50 bits per heavy atom. The highest BCUT2D eigenvalue weighted by Gasteiger charge is 2.61. The molecule has 0 radical (unpaired) electrons.